The molecule has 0 saturated heterocycles. The van der Waals surface area contributed by atoms with E-state index in [1.807, 2.05) is 13.0 Å². The van der Waals surface area contributed by atoms with Gasteiger partial charge >= 0.3 is 0 Å². The normalized spacial score (nSPS) is 9.23. The average Bonchev–Trinajstić information content (AvgIpc) is 2.15. The molecule has 0 unspecified atom stereocenters. The molecule has 3 heteroatoms. The van der Waals surface area contributed by atoms with Gasteiger partial charge < -0.3 is 0 Å². The summed E-state index contributed by atoms with van der Waals surface area (Å²) in [6.07, 6.45) is 1.80. The molecular formula is C10H10N2S. The summed E-state index contributed by atoms with van der Waals surface area (Å²) in [5, 5.41) is 9.57. The first-order valence-corrected chi connectivity index (χ1v) is 4.88. The highest BCUT2D eigenvalue weighted by atomic mass is 32.2. The van der Waals surface area contributed by atoms with Gasteiger partial charge in [0.15, 0.2) is 0 Å². The van der Waals surface area contributed by atoms with Crippen molar-refractivity contribution in [3.8, 4) is 6.07 Å². The van der Waals surface area contributed by atoms with E-state index in [0.29, 0.717) is 5.56 Å². The van der Waals surface area contributed by atoms with Gasteiger partial charge in [-0.3, -0.25) is 0 Å². The lowest BCUT2D eigenvalue weighted by atomic mass is 10.3. The molecule has 0 radical (unpaired) electrons. The molecule has 1 rings (SSSR count). The Morgan fingerprint density at radius 1 is 1.69 bits per heavy atom. The Hall–Kier alpha value is -1.27. The van der Waals surface area contributed by atoms with Crippen LogP contribution in [0, 0.1) is 18.3 Å². The average molecular weight is 190 g/mol. The van der Waals surface area contributed by atoms with Crippen LogP contribution < -0.4 is 0 Å². The molecule has 0 fully saturated rings. The zero-order valence-electron chi connectivity index (χ0n) is 7.45. The molecule has 13 heavy (non-hydrogen) atoms. The van der Waals surface area contributed by atoms with Gasteiger partial charge in [0, 0.05) is 11.4 Å². The van der Waals surface area contributed by atoms with E-state index in [4.69, 9.17) is 5.26 Å². The zero-order chi connectivity index (χ0) is 9.68. The molecular weight excluding hydrogens is 180 g/mol. The van der Waals surface area contributed by atoms with Gasteiger partial charge in [-0.2, -0.15) is 5.26 Å². The maximum absolute atomic E-state index is 8.78. The molecule has 0 aromatic carbocycles. The number of pyridine rings is 1. The molecule has 0 atom stereocenters. The molecule has 66 valence electrons. The van der Waals surface area contributed by atoms with E-state index < -0.39 is 0 Å². The highest BCUT2D eigenvalue weighted by Gasteiger charge is 2.02. The van der Waals surface area contributed by atoms with Crippen LogP contribution in [-0.4, -0.2) is 10.7 Å². The Kier molecular flexibility index (Phi) is 3.53. The second-order valence-electron chi connectivity index (χ2n) is 2.52. The molecule has 0 aliphatic carbocycles. The van der Waals surface area contributed by atoms with Crippen molar-refractivity contribution in [1.82, 2.24) is 4.98 Å². The second kappa shape index (κ2) is 4.68. The van der Waals surface area contributed by atoms with E-state index in [-0.39, 0.29) is 0 Å². The number of nitrogens with zero attached hydrogens (tertiary/aromatic N) is 2. The van der Waals surface area contributed by atoms with Crippen molar-refractivity contribution in [2.24, 2.45) is 0 Å². The summed E-state index contributed by atoms with van der Waals surface area (Å²) in [5.74, 6) is 0.783. The van der Waals surface area contributed by atoms with Crippen LogP contribution in [0.4, 0.5) is 0 Å². The van der Waals surface area contributed by atoms with Crippen molar-refractivity contribution in [3.63, 3.8) is 0 Å². The van der Waals surface area contributed by atoms with Crippen LogP contribution in [0.1, 0.15) is 11.3 Å². The minimum atomic E-state index is 0.637. The van der Waals surface area contributed by atoms with Crippen LogP contribution >= 0.6 is 11.8 Å². The summed E-state index contributed by atoms with van der Waals surface area (Å²) < 4.78 is 0. The lowest BCUT2D eigenvalue weighted by Crippen LogP contribution is -1.89. The first-order valence-electron chi connectivity index (χ1n) is 3.89. The molecule has 0 aliphatic rings. The first kappa shape index (κ1) is 9.82. The maximum Gasteiger partial charge on any atom is 0.114 e. The van der Waals surface area contributed by atoms with E-state index in [0.717, 1.165) is 16.5 Å². The predicted molar refractivity (Wildman–Crippen MR) is 54.6 cm³/mol. The van der Waals surface area contributed by atoms with E-state index in [2.05, 4.69) is 17.6 Å². The third kappa shape index (κ3) is 2.60. The number of rotatable bonds is 3. The van der Waals surface area contributed by atoms with Crippen LogP contribution in [0.15, 0.2) is 29.8 Å². The van der Waals surface area contributed by atoms with Crippen LogP contribution in [0.5, 0.6) is 0 Å². The number of thioether (sulfide) groups is 1. The smallest absolute Gasteiger partial charge is 0.114 e. The van der Waals surface area contributed by atoms with Gasteiger partial charge in [0.05, 0.1) is 5.56 Å². The quantitative estimate of drug-likeness (QED) is 0.543. The van der Waals surface area contributed by atoms with E-state index in [1.165, 1.54) is 11.8 Å². The van der Waals surface area contributed by atoms with Gasteiger partial charge in [0.2, 0.25) is 0 Å². The molecule has 0 spiro atoms. The third-order valence-electron chi connectivity index (χ3n) is 1.46. The number of aryl methyl sites for hydroxylation is 1. The predicted octanol–water partition coefficient (Wildman–Crippen LogP) is 2.54. The standard InChI is InChI=1S/C10H10N2S/c1-3-6-13-10-9(7-11)5-4-8(2)12-10/h3-5H,1,6H2,2H3. The molecule has 0 amide bonds. The summed E-state index contributed by atoms with van der Waals surface area (Å²) in [5.41, 5.74) is 1.57. The lowest BCUT2D eigenvalue weighted by Gasteiger charge is -2.01. The van der Waals surface area contributed by atoms with Gasteiger partial charge in [0.1, 0.15) is 11.1 Å². The summed E-state index contributed by atoms with van der Waals surface area (Å²) in [7, 11) is 0. The van der Waals surface area contributed by atoms with E-state index >= 15 is 0 Å². The van der Waals surface area contributed by atoms with Gasteiger partial charge in [0.25, 0.3) is 0 Å². The summed E-state index contributed by atoms with van der Waals surface area (Å²) in [6, 6.07) is 5.76. The Morgan fingerprint density at radius 2 is 2.46 bits per heavy atom. The Morgan fingerprint density at radius 3 is 3.08 bits per heavy atom. The highest BCUT2D eigenvalue weighted by Crippen LogP contribution is 2.19. The third-order valence-corrected chi connectivity index (χ3v) is 2.44. The summed E-state index contributed by atoms with van der Waals surface area (Å²) >= 11 is 1.53. The molecule has 2 nitrogen and oxygen atoms in total. The molecule has 0 N–H and O–H groups in total. The molecule has 0 aliphatic heterocycles. The minimum absolute atomic E-state index is 0.637. The van der Waals surface area contributed by atoms with Crippen LogP contribution in [0.25, 0.3) is 0 Å². The Labute approximate surface area is 82.3 Å². The summed E-state index contributed by atoms with van der Waals surface area (Å²) in [4.78, 5) is 4.27. The number of aromatic nitrogens is 1. The number of hydrogen-bond donors (Lipinski definition) is 0. The fourth-order valence-corrected chi connectivity index (χ4v) is 1.62. The maximum atomic E-state index is 8.78. The number of nitriles is 1. The lowest BCUT2D eigenvalue weighted by molar-refractivity contribution is 1.05. The number of hydrogen-bond acceptors (Lipinski definition) is 3. The first-order chi connectivity index (χ1) is 6.27. The zero-order valence-corrected chi connectivity index (χ0v) is 8.27. The monoisotopic (exact) mass is 190 g/mol. The van der Waals surface area contributed by atoms with Crippen molar-refractivity contribution >= 4 is 11.8 Å². The Bertz CT molecular complexity index is 352. The van der Waals surface area contributed by atoms with Gasteiger partial charge in [-0.05, 0) is 19.1 Å². The van der Waals surface area contributed by atoms with Gasteiger partial charge in [-0.25, -0.2) is 4.98 Å². The Balaban J connectivity index is 2.95. The largest absolute Gasteiger partial charge is 0.245 e. The molecule has 1 heterocycles. The SMILES string of the molecule is C=CCSc1nc(C)ccc1C#N. The van der Waals surface area contributed by atoms with E-state index in [9.17, 15) is 0 Å². The van der Waals surface area contributed by atoms with Crippen molar-refractivity contribution in [2.45, 2.75) is 11.9 Å². The van der Waals surface area contributed by atoms with Crippen molar-refractivity contribution in [2.75, 3.05) is 5.75 Å². The van der Waals surface area contributed by atoms with E-state index in [1.54, 1.807) is 12.1 Å². The molecule has 0 bridgehead atoms. The van der Waals surface area contributed by atoms with Gasteiger partial charge in [-0.15, -0.1) is 18.3 Å². The van der Waals surface area contributed by atoms with Crippen LogP contribution in [-0.2, 0) is 0 Å². The van der Waals surface area contributed by atoms with Gasteiger partial charge in [-0.1, -0.05) is 6.08 Å². The van der Waals surface area contributed by atoms with Crippen molar-refractivity contribution in [3.05, 3.63) is 36.0 Å². The van der Waals surface area contributed by atoms with Crippen LogP contribution in [0.2, 0.25) is 0 Å². The fourth-order valence-electron chi connectivity index (χ4n) is 0.866. The van der Waals surface area contributed by atoms with Crippen LogP contribution in [0.3, 0.4) is 0 Å². The molecule has 0 saturated carbocycles. The van der Waals surface area contributed by atoms with Crippen molar-refractivity contribution in [1.29, 1.82) is 5.26 Å². The minimum Gasteiger partial charge on any atom is -0.245 e. The molecule has 1 aromatic rings. The summed E-state index contributed by atoms with van der Waals surface area (Å²) in [6.45, 7) is 5.54. The van der Waals surface area contributed by atoms with Crippen molar-refractivity contribution < 1.29 is 0 Å². The topological polar surface area (TPSA) is 36.7 Å². The fraction of sp³-hybridized carbons (Fsp3) is 0.200. The highest BCUT2D eigenvalue weighted by molar-refractivity contribution is 7.99. The molecule has 1 aromatic heterocycles. The second-order valence-corrected chi connectivity index (χ2v) is 3.53.